The molecule has 3 aromatic rings. The highest BCUT2D eigenvalue weighted by molar-refractivity contribution is 6.45. The molecule has 0 radical (unpaired) electrons. The molecule has 0 saturated heterocycles. The van der Waals surface area contributed by atoms with Gasteiger partial charge in [-0.1, -0.05) is 58.5 Å². The van der Waals surface area contributed by atoms with Gasteiger partial charge in [0.25, 0.3) is 0 Å². The summed E-state index contributed by atoms with van der Waals surface area (Å²) in [6, 6.07) is 10.1. The van der Waals surface area contributed by atoms with Crippen LogP contribution in [0.5, 0.6) is 0 Å². The first-order valence-corrected chi connectivity index (χ1v) is 8.04. The van der Waals surface area contributed by atoms with Crippen LogP contribution >= 0.6 is 46.4 Å². The molecule has 0 aliphatic carbocycles. The summed E-state index contributed by atoms with van der Waals surface area (Å²) in [5.74, 6) is -1.05. The molecule has 3 nitrogen and oxygen atoms in total. The number of hydrogen-bond acceptors (Lipinski definition) is 1. The highest BCUT2D eigenvalue weighted by atomic mass is 35.5. The smallest absolute Gasteiger partial charge is 0.352 e. The lowest BCUT2D eigenvalue weighted by atomic mass is 10.2. The maximum Gasteiger partial charge on any atom is 0.352 e. The van der Waals surface area contributed by atoms with Gasteiger partial charge in [-0.3, -0.25) is 0 Å². The fourth-order valence-electron chi connectivity index (χ4n) is 2.45. The molecule has 0 fully saturated rings. The van der Waals surface area contributed by atoms with Crippen LogP contribution in [-0.4, -0.2) is 15.6 Å². The third kappa shape index (κ3) is 3.02. The van der Waals surface area contributed by atoms with Gasteiger partial charge in [0, 0.05) is 11.9 Å². The second-order valence-electron chi connectivity index (χ2n) is 4.97. The summed E-state index contributed by atoms with van der Waals surface area (Å²) < 4.78 is 1.60. The summed E-state index contributed by atoms with van der Waals surface area (Å²) in [5.41, 5.74) is 1.49. The van der Waals surface area contributed by atoms with Gasteiger partial charge in [0.1, 0.15) is 5.69 Å². The molecule has 1 N–H and O–H groups in total. The molecule has 0 unspecified atom stereocenters. The maximum absolute atomic E-state index is 11.6. The van der Waals surface area contributed by atoms with Gasteiger partial charge < -0.3 is 9.67 Å². The number of carboxylic acids is 1. The molecule has 0 aliphatic rings. The molecule has 23 heavy (non-hydrogen) atoms. The number of halogens is 4. The van der Waals surface area contributed by atoms with E-state index in [2.05, 4.69) is 0 Å². The highest BCUT2D eigenvalue weighted by Crippen LogP contribution is 2.34. The average molecular weight is 389 g/mol. The fourth-order valence-corrected chi connectivity index (χ4v) is 3.20. The Morgan fingerprint density at radius 2 is 1.65 bits per heavy atom. The second-order valence-corrected chi connectivity index (χ2v) is 6.57. The Labute approximate surface area is 151 Å². The number of carbonyl (C=O) groups is 1. The summed E-state index contributed by atoms with van der Waals surface area (Å²) >= 11 is 24.3. The molecule has 1 aromatic heterocycles. The van der Waals surface area contributed by atoms with E-state index in [9.17, 15) is 9.90 Å². The van der Waals surface area contributed by atoms with Crippen molar-refractivity contribution in [2.75, 3.05) is 0 Å². The van der Waals surface area contributed by atoms with E-state index in [0.29, 0.717) is 31.0 Å². The van der Waals surface area contributed by atoms with Crippen LogP contribution in [0.4, 0.5) is 0 Å². The van der Waals surface area contributed by atoms with Crippen molar-refractivity contribution >= 4 is 63.3 Å². The average Bonchev–Trinajstić information content (AvgIpc) is 2.86. The lowest BCUT2D eigenvalue weighted by molar-refractivity contribution is 0.0686. The Balaban J connectivity index is 2.21. The van der Waals surface area contributed by atoms with Gasteiger partial charge in [0.2, 0.25) is 0 Å². The largest absolute Gasteiger partial charge is 0.477 e. The van der Waals surface area contributed by atoms with Gasteiger partial charge in [-0.05, 0) is 29.8 Å². The summed E-state index contributed by atoms with van der Waals surface area (Å²) in [6.45, 7) is 0.280. The number of aromatic nitrogens is 1. The van der Waals surface area contributed by atoms with E-state index in [1.807, 2.05) is 0 Å². The summed E-state index contributed by atoms with van der Waals surface area (Å²) in [7, 11) is 0. The van der Waals surface area contributed by atoms with Crippen molar-refractivity contribution in [2.24, 2.45) is 0 Å². The number of fused-ring (bicyclic) bond motifs is 1. The van der Waals surface area contributed by atoms with Crippen LogP contribution in [0, 0.1) is 0 Å². The molecular formula is C16H9Cl4NO2. The van der Waals surface area contributed by atoms with Crippen molar-refractivity contribution < 1.29 is 9.90 Å². The zero-order valence-electron chi connectivity index (χ0n) is 11.5. The monoisotopic (exact) mass is 387 g/mol. The molecule has 0 spiro atoms. The Kier molecular flexibility index (Phi) is 4.47. The lowest BCUT2D eigenvalue weighted by Crippen LogP contribution is -2.09. The molecule has 1 heterocycles. The van der Waals surface area contributed by atoms with Gasteiger partial charge in [-0.2, -0.15) is 0 Å². The Hall–Kier alpha value is -1.39. The first kappa shape index (κ1) is 16.5. The molecule has 0 bridgehead atoms. The summed E-state index contributed by atoms with van der Waals surface area (Å²) in [4.78, 5) is 11.6. The van der Waals surface area contributed by atoms with Crippen molar-refractivity contribution in [3.63, 3.8) is 0 Å². The lowest BCUT2D eigenvalue weighted by Gasteiger charge is -2.11. The van der Waals surface area contributed by atoms with E-state index in [4.69, 9.17) is 46.4 Å². The zero-order chi connectivity index (χ0) is 16.7. The van der Waals surface area contributed by atoms with Crippen molar-refractivity contribution in [1.82, 2.24) is 4.57 Å². The van der Waals surface area contributed by atoms with Crippen molar-refractivity contribution in [3.05, 3.63) is 67.7 Å². The van der Waals surface area contributed by atoms with E-state index in [0.717, 1.165) is 5.56 Å². The number of aromatic carboxylic acids is 1. The van der Waals surface area contributed by atoms with Crippen LogP contribution < -0.4 is 0 Å². The predicted molar refractivity (Wildman–Crippen MR) is 94.5 cm³/mol. The van der Waals surface area contributed by atoms with Crippen molar-refractivity contribution in [1.29, 1.82) is 0 Å². The summed E-state index contributed by atoms with van der Waals surface area (Å²) in [6.07, 6.45) is 0. The summed E-state index contributed by atoms with van der Waals surface area (Å²) in [5, 5.41) is 11.7. The molecule has 3 rings (SSSR count). The van der Waals surface area contributed by atoms with Gasteiger partial charge in [-0.25, -0.2) is 4.79 Å². The Morgan fingerprint density at radius 1 is 0.957 bits per heavy atom. The van der Waals surface area contributed by atoms with Crippen molar-refractivity contribution in [2.45, 2.75) is 6.54 Å². The normalized spacial score (nSPS) is 11.1. The molecular weight excluding hydrogens is 380 g/mol. The van der Waals surface area contributed by atoms with Crippen LogP contribution in [0.1, 0.15) is 16.1 Å². The molecule has 2 aromatic carbocycles. The van der Waals surface area contributed by atoms with E-state index < -0.39 is 5.97 Å². The Bertz CT molecular complexity index is 933. The van der Waals surface area contributed by atoms with Crippen LogP contribution in [0.15, 0.2) is 36.4 Å². The van der Waals surface area contributed by atoms with Crippen molar-refractivity contribution in [3.8, 4) is 0 Å². The number of hydrogen-bond donors (Lipinski definition) is 1. The third-order valence-corrected chi connectivity index (χ3v) is 5.03. The second kappa shape index (κ2) is 6.25. The van der Waals surface area contributed by atoms with E-state index in [-0.39, 0.29) is 12.2 Å². The van der Waals surface area contributed by atoms with Gasteiger partial charge in [-0.15, -0.1) is 0 Å². The predicted octanol–water partition coefficient (Wildman–Crippen LogP) is 6.00. The minimum Gasteiger partial charge on any atom is -0.477 e. The first-order chi connectivity index (χ1) is 10.9. The van der Waals surface area contributed by atoms with Crippen LogP contribution in [0.2, 0.25) is 20.1 Å². The molecule has 0 atom stereocenters. The number of nitrogens with zero attached hydrogens (tertiary/aromatic N) is 1. The number of carboxylic acid groups (broad SMARTS) is 1. The van der Waals surface area contributed by atoms with E-state index >= 15 is 0 Å². The molecule has 118 valence electrons. The standard InChI is InChI=1S/C16H9Cl4NO2/c17-10-3-1-8(5-12(10)19)7-21-13(16(22)23)6-9-2-4-11(18)14(20)15(9)21/h1-6H,7H2,(H,22,23). The topological polar surface area (TPSA) is 42.2 Å². The molecule has 7 heteroatoms. The molecule has 0 amide bonds. The van der Waals surface area contributed by atoms with E-state index in [1.165, 1.54) is 0 Å². The van der Waals surface area contributed by atoms with Gasteiger partial charge in [0.15, 0.2) is 0 Å². The SMILES string of the molecule is O=C(O)c1cc2ccc(Cl)c(Cl)c2n1Cc1ccc(Cl)c(Cl)c1. The highest BCUT2D eigenvalue weighted by Gasteiger charge is 2.18. The molecule has 0 aliphatic heterocycles. The fraction of sp³-hybridized carbons (Fsp3) is 0.0625. The number of benzene rings is 2. The minimum atomic E-state index is -1.05. The van der Waals surface area contributed by atoms with Gasteiger partial charge in [0.05, 0.1) is 25.6 Å². The first-order valence-electron chi connectivity index (χ1n) is 6.53. The minimum absolute atomic E-state index is 0.121. The van der Waals surface area contributed by atoms with Gasteiger partial charge >= 0.3 is 5.97 Å². The van der Waals surface area contributed by atoms with Crippen LogP contribution in [-0.2, 0) is 6.54 Å². The van der Waals surface area contributed by atoms with E-state index in [1.54, 1.807) is 41.0 Å². The number of rotatable bonds is 3. The van der Waals surface area contributed by atoms with Crippen LogP contribution in [0.25, 0.3) is 10.9 Å². The Morgan fingerprint density at radius 3 is 2.30 bits per heavy atom. The van der Waals surface area contributed by atoms with Crippen LogP contribution in [0.3, 0.4) is 0 Å². The zero-order valence-corrected chi connectivity index (χ0v) is 14.5. The maximum atomic E-state index is 11.6. The third-order valence-electron chi connectivity index (χ3n) is 3.50. The quantitative estimate of drug-likeness (QED) is 0.597. The molecule has 0 saturated carbocycles.